The Morgan fingerprint density at radius 1 is 1.21 bits per heavy atom. The highest BCUT2D eigenvalue weighted by atomic mass is 19.1. The first kappa shape index (κ1) is 21.9. The van der Waals surface area contributed by atoms with Crippen molar-refractivity contribution in [3.05, 3.63) is 59.3 Å². The van der Waals surface area contributed by atoms with Gasteiger partial charge in [0.25, 0.3) is 11.8 Å². The van der Waals surface area contributed by atoms with Crippen LogP contribution in [0.5, 0.6) is 11.5 Å². The molecule has 0 spiro atoms. The predicted octanol–water partition coefficient (Wildman–Crippen LogP) is 3.16. The van der Waals surface area contributed by atoms with Crippen molar-refractivity contribution >= 4 is 17.5 Å². The number of hydrogen-bond donors (Lipinski definition) is 1. The Hall–Kier alpha value is -3.95. The summed E-state index contributed by atoms with van der Waals surface area (Å²) in [5, 5.41) is 6.84. The van der Waals surface area contributed by atoms with Crippen molar-refractivity contribution in [2.24, 2.45) is 13.0 Å². The highest BCUT2D eigenvalue weighted by Crippen LogP contribution is 2.32. The number of ether oxygens (including phenoxy) is 2. The third-order valence-corrected chi connectivity index (χ3v) is 5.88. The maximum Gasteiger partial charge on any atom is 0.262 e. The number of fused-ring (bicyclic) bond motifs is 1. The van der Waals surface area contributed by atoms with Crippen LogP contribution in [0, 0.1) is 24.5 Å². The number of aryl methyl sites for hydroxylation is 2. The summed E-state index contributed by atoms with van der Waals surface area (Å²) < 4.78 is 41.5. The molecule has 8 nitrogen and oxygen atoms in total. The van der Waals surface area contributed by atoms with Gasteiger partial charge in [0.15, 0.2) is 18.2 Å². The van der Waals surface area contributed by atoms with E-state index >= 15 is 0 Å². The third kappa shape index (κ3) is 4.07. The fraction of sp³-hybridized carbons (Fsp3) is 0.292. The average molecular weight is 468 g/mol. The molecule has 2 aliphatic rings. The fourth-order valence-electron chi connectivity index (χ4n) is 4.14. The molecule has 3 heterocycles. The average Bonchev–Trinajstić information content (AvgIpc) is 3.11. The van der Waals surface area contributed by atoms with Crippen molar-refractivity contribution in [2.45, 2.75) is 6.92 Å². The summed E-state index contributed by atoms with van der Waals surface area (Å²) in [6, 6.07) is 9.02. The molecule has 0 bridgehead atoms. The lowest BCUT2D eigenvalue weighted by atomic mass is 9.99. The number of carbonyl (C=O) groups excluding carboxylic acids is 2. The van der Waals surface area contributed by atoms with Gasteiger partial charge in [-0.3, -0.25) is 14.3 Å². The smallest absolute Gasteiger partial charge is 0.262 e. The van der Waals surface area contributed by atoms with Crippen molar-refractivity contribution in [2.75, 3.05) is 31.6 Å². The van der Waals surface area contributed by atoms with Crippen LogP contribution in [0.2, 0.25) is 0 Å². The van der Waals surface area contributed by atoms with Crippen LogP contribution in [0.3, 0.4) is 0 Å². The van der Waals surface area contributed by atoms with Crippen molar-refractivity contribution in [1.29, 1.82) is 0 Å². The van der Waals surface area contributed by atoms with Gasteiger partial charge in [0.05, 0.1) is 29.2 Å². The molecule has 176 valence electrons. The van der Waals surface area contributed by atoms with Crippen LogP contribution in [-0.2, 0) is 11.8 Å². The van der Waals surface area contributed by atoms with Gasteiger partial charge in [0.2, 0.25) is 0 Å². The third-order valence-electron chi connectivity index (χ3n) is 5.88. The summed E-state index contributed by atoms with van der Waals surface area (Å²) in [6.45, 7) is 2.61. The van der Waals surface area contributed by atoms with Gasteiger partial charge in [0.1, 0.15) is 11.6 Å². The predicted molar refractivity (Wildman–Crippen MR) is 119 cm³/mol. The molecule has 0 radical (unpaired) electrons. The number of hydrogen-bond acceptors (Lipinski definition) is 5. The number of amides is 2. The van der Waals surface area contributed by atoms with Gasteiger partial charge in [-0.2, -0.15) is 5.10 Å². The zero-order valence-electron chi connectivity index (χ0n) is 18.6. The number of anilines is 1. The topological polar surface area (TPSA) is 85.7 Å². The first-order chi connectivity index (χ1) is 16.3. The lowest BCUT2D eigenvalue weighted by Crippen LogP contribution is -2.52. The molecule has 10 heteroatoms. The number of nitrogens with one attached hydrogen (secondary N) is 1. The van der Waals surface area contributed by atoms with Gasteiger partial charge in [-0.1, -0.05) is 0 Å². The van der Waals surface area contributed by atoms with Crippen LogP contribution in [0.4, 0.5) is 14.5 Å². The number of nitrogens with zero attached hydrogens (tertiary/aromatic N) is 3. The second-order valence-electron chi connectivity index (χ2n) is 8.49. The van der Waals surface area contributed by atoms with Crippen LogP contribution in [-0.4, -0.2) is 52.8 Å². The van der Waals surface area contributed by atoms with Gasteiger partial charge in [-0.15, -0.1) is 0 Å². The molecule has 2 aromatic carbocycles. The largest absolute Gasteiger partial charge is 0.490 e. The monoisotopic (exact) mass is 468 g/mol. The molecule has 0 atom stereocenters. The molecule has 0 saturated carbocycles. The Labute approximate surface area is 194 Å². The molecule has 1 N–H and O–H groups in total. The van der Waals surface area contributed by atoms with Crippen LogP contribution < -0.4 is 14.8 Å². The molecule has 0 unspecified atom stereocenters. The van der Waals surface area contributed by atoms with Gasteiger partial charge in [-0.25, -0.2) is 8.78 Å². The van der Waals surface area contributed by atoms with Crippen molar-refractivity contribution in [1.82, 2.24) is 14.7 Å². The number of benzene rings is 2. The maximum absolute atomic E-state index is 14.6. The molecular weight excluding hydrogens is 446 g/mol. The van der Waals surface area contributed by atoms with E-state index in [0.29, 0.717) is 18.7 Å². The minimum atomic E-state index is -0.717. The van der Waals surface area contributed by atoms with Gasteiger partial charge >= 0.3 is 0 Å². The molecule has 1 saturated heterocycles. The van der Waals surface area contributed by atoms with E-state index in [1.165, 1.54) is 17.0 Å². The minimum Gasteiger partial charge on any atom is -0.490 e. The number of carbonyl (C=O) groups is 2. The number of aromatic nitrogens is 2. The van der Waals surface area contributed by atoms with Gasteiger partial charge in [0, 0.05) is 37.7 Å². The van der Waals surface area contributed by atoms with Crippen molar-refractivity contribution < 1.29 is 27.8 Å². The van der Waals surface area contributed by atoms with Gasteiger partial charge in [-0.05, 0) is 37.3 Å². The molecule has 5 rings (SSSR count). The van der Waals surface area contributed by atoms with Crippen LogP contribution >= 0.6 is 0 Å². The van der Waals surface area contributed by atoms with E-state index in [1.807, 2.05) is 13.0 Å². The molecule has 2 aliphatic heterocycles. The normalized spacial score (nSPS) is 15.3. The van der Waals surface area contributed by atoms with Crippen LogP contribution in [0.15, 0.2) is 36.4 Å². The second-order valence-corrected chi connectivity index (χ2v) is 8.49. The minimum absolute atomic E-state index is 0.00789. The lowest BCUT2D eigenvalue weighted by Gasteiger charge is -2.39. The van der Waals surface area contributed by atoms with E-state index in [1.54, 1.807) is 23.9 Å². The van der Waals surface area contributed by atoms with E-state index in [4.69, 9.17) is 9.47 Å². The Balaban J connectivity index is 1.18. The highest BCUT2D eigenvalue weighted by Gasteiger charge is 2.34. The van der Waals surface area contributed by atoms with E-state index in [9.17, 15) is 18.4 Å². The summed E-state index contributed by atoms with van der Waals surface area (Å²) in [7, 11) is 1.80. The van der Waals surface area contributed by atoms with E-state index in [2.05, 4.69) is 10.4 Å². The SMILES string of the molecule is Cc1cc(-c2ccc(OCC3CN(C(=O)c4cc5c(cc4F)OCC(=O)N5)C3)c(F)c2)n(C)n1. The molecular formula is C24H22F2N4O4. The summed E-state index contributed by atoms with van der Waals surface area (Å²) >= 11 is 0. The number of likely N-dealkylation sites (tertiary alicyclic amines) is 1. The zero-order valence-corrected chi connectivity index (χ0v) is 18.6. The Morgan fingerprint density at radius 3 is 2.71 bits per heavy atom. The zero-order chi connectivity index (χ0) is 24.0. The fourth-order valence-corrected chi connectivity index (χ4v) is 4.14. The number of rotatable bonds is 5. The lowest BCUT2D eigenvalue weighted by molar-refractivity contribution is -0.118. The van der Waals surface area contributed by atoms with Gasteiger partial charge < -0.3 is 19.7 Å². The van der Waals surface area contributed by atoms with Crippen molar-refractivity contribution in [3.8, 4) is 22.8 Å². The quantitative estimate of drug-likeness (QED) is 0.622. The highest BCUT2D eigenvalue weighted by molar-refractivity contribution is 6.00. The van der Waals surface area contributed by atoms with Crippen LogP contribution in [0.1, 0.15) is 16.1 Å². The Morgan fingerprint density at radius 2 is 2.00 bits per heavy atom. The first-order valence-electron chi connectivity index (χ1n) is 10.8. The molecule has 1 fully saturated rings. The van der Waals surface area contributed by atoms with E-state index in [0.717, 1.165) is 17.5 Å². The van der Waals surface area contributed by atoms with E-state index in [-0.39, 0.29) is 47.8 Å². The summed E-state index contributed by atoms with van der Waals surface area (Å²) in [6.07, 6.45) is 0. The number of halogens is 2. The Bertz CT molecular complexity index is 1300. The molecule has 0 aliphatic carbocycles. The maximum atomic E-state index is 14.6. The summed E-state index contributed by atoms with van der Waals surface area (Å²) in [5.74, 6) is -1.74. The second kappa shape index (κ2) is 8.44. The Kier molecular flexibility index (Phi) is 5.43. The summed E-state index contributed by atoms with van der Waals surface area (Å²) in [4.78, 5) is 25.7. The molecule has 2 amide bonds. The molecule has 3 aromatic rings. The van der Waals surface area contributed by atoms with Crippen molar-refractivity contribution in [3.63, 3.8) is 0 Å². The van der Waals surface area contributed by atoms with E-state index < -0.39 is 17.5 Å². The molecule has 34 heavy (non-hydrogen) atoms. The summed E-state index contributed by atoms with van der Waals surface area (Å²) in [5.41, 5.74) is 2.46. The molecule has 1 aromatic heterocycles. The first-order valence-corrected chi connectivity index (χ1v) is 10.8. The standard InChI is InChI=1S/C24H22F2N4O4/c1-13-5-20(29(2)28-13)15-3-4-21(18(26)6-15)33-11-14-9-30(10-14)24(32)16-7-19-22(8-17(16)25)34-12-23(31)27-19/h3-8,14H,9-12H2,1-2H3,(H,27,31). The van der Waals surface area contributed by atoms with Crippen LogP contribution in [0.25, 0.3) is 11.3 Å².